The van der Waals surface area contributed by atoms with E-state index in [1.165, 1.54) is 4.90 Å². The van der Waals surface area contributed by atoms with Gasteiger partial charge in [0.2, 0.25) is 0 Å². The van der Waals surface area contributed by atoms with Gasteiger partial charge < -0.3 is 9.80 Å². The lowest BCUT2D eigenvalue weighted by Gasteiger charge is -2.35. The van der Waals surface area contributed by atoms with Crippen LogP contribution in [-0.4, -0.2) is 67.9 Å². The van der Waals surface area contributed by atoms with Crippen LogP contribution in [0.15, 0.2) is 30.3 Å². The molecule has 0 saturated carbocycles. The predicted molar refractivity (Wildman–Crippen MR) is 100 cm³/mol. The molecule has 1 aromatic carbocycles. The first-order valence-electron chi connectivity index (χ1n) is 9.14. The number of nitrogens with one attached hydrogen (secondary N) is 1. The van der Waals surface area contributed by atoms with E-state index in [0.717, 1.165) is 36.1 Å². The Morgan fingerprint density at radius 3 is 2.65 bits per heavy atom. The van der Waals surface area contributed by atoms with Crippen LogP contribution < -0.4 is 4.90 Å². The Labute approximate surface area is 153 Å². The second kappa shape index (κ2) is 6.63. The van der Waals surface area contributed by atoms with Crippen molar-refractivity contribution in [1.82, 2.24) is 9.88 Å². The van der Waals surface area contributed by atoms with Crippen LogP contribution in [0.4, 0.5) is 0 Å². The van der Waals surface area contributed by atoms with Crippen molar-refractivity contribution < 1.29 is 18.1 Å². The lowest BCUT2D eigenvalue weighted by molar-refractivity contribution is -0.925. The molecule has 0 unspecified atom stereocenters. The van der Waals surface area contributed by atoms with Gasteiger partial charge in [0.25, 0.3) is 5.91 Å². The average molecular weight is 374 g/mol. The number of hydrogen-bond acceptors (Lipinski definition) is 4. The highest BCUT2D eigenvalue weighted by atomic mass is 32.2. The maximum absolute atomic E-state index is 13.1. The summed E-state index contributed by atoms with van der Waals surface area (Å²) in [5, 5.41) is 0.889. The summed E-state index contributed by atoms with van der Waals surface area (Å²) >= 11 is 0. The van der Waals surface area contributed by atoms with E-state index in [4.69, 9.17) is 0 Å². The number of para-hydroxylation sites is 1. The molecule has 1 amide bonds. The zero-order valence-corrected chi connectivity index (χ0v) is 15.8. The van der Waals surface area contributed by atoms with E-state index in [1.54, 1.807) is 0 Å². The molecule has 0 spiro atoms. The Kier molecular flexibility index (Phi) is 4.44. The number of pyridine rings is 1. The topological polar surface area (TPSA) is 71.8 Å². The number of piperazine rings is 1. The van der Waals surface area contributed by atoms with Crippen LogP contribution in [0, 0.1) is 6.92 Å². The van der Waals surface area contributed by atoms with Crippen LogP contribution in [0.3, 0.4) is 0 Å². The number of aryl methyl sites for hydroxylation is 1. The van der Waals surface area contributed by atoms with Gasteiger partial charge in [-0.15, -0.1) is 0 Å². The van der Waals surface area contributed by atoms with Crippen molar-refractivity contribution in [1.29, 1.82) is 0 Å². The summed E-state index contributed by atoms with van der Waals surface area (Å²) in [6.45, 7) is 4.87. The van der Waals surface area contributed by atoms with Crippen LogP contribution in [0.1, 0.15) is 22.5 Å². The molecule has 2 fully saturated rings. The van der Waals surface area contributed by atoms with Crippen LogP contribution in [0.25, 0.3) is 10.9 Å². The number of carbonyl (C=O) groups excluding carboxylic acids is 1. The third-order valence-corrected chi connectivity index (χ3v) is 7.35. The second-order valence-corrected chi connectivity index (χ2v) is 9.61. The normalized spacial score (nSPS) is 23.4. The smallest absolute Gasteiger partial charge is 0.255 e. The van der Waals surface area contributed by atoms with Gasteiger partial charge in [0, 0.05) is 17.5 Å². The first-order chi connectivity index (χ1) is 12.4. The maximum atomic E-state index is 13.1. The number of quaternary nitrogens is 1. The first-order valence-corrected chi connectivity index (χ1v) is 11.0. The Balaban J connectivity index is 1.49. The van der Waals surface area contributed by atoms with Crippen molar-refractivity contribution in [2.75, 3.05) is 37.7 Å². The Morgan fingerprint density at radius 2 is 1.96 bits per heavy atom. The number of benzene rings is 1. The van der Waals surface area contributed by atoms with Crippen LogP contribution in [0.2, 0.25) is 0 Å². The van der Waals surface area contributed by atoms with E-state index in [-0.39, 0.29) is 11.9 Å². The van der Waals surface area contributed by atoms with Crippen LogP contribution in [-0.2, 0) is 9.84 Å². The molecule has 6 nitrogen and oxygen atoms in total. The first kappa shape index (κ1) is 17.4. The number of nitrogens with zero attached hydrogens (tertiary/aromatic N) is 2. The predicted octanol–water partition coefficient (Wildman–Crippen LogP) is 0.0710. The van der Waals surface area contributed by atoms with Crippen molar-refractivity contribution in [3.8, 4) is 0 Å². The molecular weight excluding hydrogens is 350 g/mol. The molecule has 1 atom stereocenters. The van der Waals surface area contributed by atoms with Crippen molar-refractivity contribution >= 4 is 26.6 Å². The fourth-order valence-corrected chi connectivity index (χ4v) is 6.00. The minimum Gasteiger partial charge on any atom is -0.329 e. The minimum absolute atomic E-state index is 0.0461. The summed E-state index contributed by atoms with van der Waals surface area (Å²) in [4.78, 5) is 20.8. The summed E-state index contributed by atoms with van der Waals surface area (Å²) in [7, 11) is -2.86. The van der Waals surface area contributed by atoms with Gasteiger partial charge in [-0.1, -0.05) is 18.2 Å². The number of sulfone groups is 1. The Bertz CT molecular complexity index is 950. The standard InChI is InChI=1S/C19H23N3O3S/c1-14-12-17(16-4-2-3-5-18(16)20-14)19(23)22-9-7-21(8-10-22)15-6-11-26(24,25)13-15/h2-5,12,15H,6-11,13H2,1H3/p+1/t15-/m0/s1. The molecule has 2 aliphatic heterocycles. The highest BCUT2D eigenvalue weighted by molar-refractivity contribution is 7.91. The Hall–Kier alpha value is -1.99. The third-order valence-electron chi connectivity index (χ3n) is 5.58. The molecule has 3 heterocycles. The summed E-state index contributed by atoms with van der Waals surface area (Å²) < 4.78 is 23.4. The molecule has 1 aromatic heterocycles. The van der Waals surface area contributed by atoms with Gasteiger partial charge in [-0.2, -0.15) is 0 Å². The molecule has 0 aliphatic carbocycles. The SMILES string of the molecule is Cc1cc(C(=O)N2CC[NH+]([C@H]3CCS(=O)(=O)C3)CC2)c2ccccc2n1. The van der Waals surface area contributed by atoms with E-state index in [0.29, 0.717) is 30.2 Å². The van der Waals surface area contributed by atoms with E-state index in [1.807, 2.05) is 42.2 Å². The van der Waals surface area contributed by atoms with E-state index < -0.39 is 9.84 Å². The fourth-order valence-electron chi connectivity index (χ4n) is 4.18. The molecule has 26 heavy (non-hydrogen) atoms. The van der Waals surface area contributed by atoms with Gasteiger partial charge in [-0.3, -0.25) is 9.78 Å². The molecule has 2 aromatic rings. The van der Waals surface area contributed by atoms with Gasteiger partial charge in [0.1, 0.15) is 11.8 Å². The molecule has 1 N–H and O–H groups in total. The van der Waals surface area contributed by atoms with E-state index in [9.17, 15) is 13.2 Å². The number of fused-ring (bicyclic) bond motifs is 1. The number of hydrogen-bond donors (Lipinski definition) is 1. The molecule has 7 heteroatoms. The summed E-state index contributed by atoms with van der Waals surface area (Å²) in [6, 6.07) is 9.80. The molecule has 4 rings (SSSR count). The van der Waals surface area contributed by atoms with Gasteiger partial charge in [-0.05, 0) is 19.1 Å². The second-order valence-electron chi connectivity index (χ2n) is 7.38. The largest absolute Gasteiger partial charge is 0.329 e. The number of amides is 1. The van der Waals surface area contributed by atoms with Crippen molar-refractivity contribution in [2.45, 2.75) is 19.4 Å². The van der Waals surface area contributed by atoms with Crippen molar-refractivity contribution in [3.05, 3.63) is 41.6 Å². The Morgan fingerprint density at radius 1 is 1.23 bits per heavy atom. The molecule has 0 bridgehead atoms. The number of carbonyl (C=O) groups is 1. The molecule has 2 aliphatic rings. The van der Waals surface area contributed by atoms with Crippen molar-refractivity contribution in [3.63, 3.8) is 0 Å². The van der Waals surface area contributed by atoms with Gasteiger partial charge in [0.05, 0.1) is 43.0 Å². The highest BCUT2D eigenvalue weighted by Crippen LogP contribution is 2.20. The van der Waals surface area contributed by atoms with Gasteiger partial charge in [0.15, 0.2) is 9.84 Å². The molecule has 0 radical (unpaired) electrons. The fraction of sp³-hybridized carbons (Fsp3) is 0.474. The summed E-state index contributed by atoms with van der Waals surface area (Å²) in [6.07, 6.45) is 0.750. The highest BCUT2D eigenvalue weighted by Gasteiger charge is 2.37. The quantitative estimate of drug-likeness (QED) is 0.808. The minimum atomic E-state index is -2.86. The molecule has 138 valence electrons. The summed E-state index contributed by atoms with van der Waals surface area (Å²) in [5.41, 5.74) is 2.39. The average Bonchev–Trinajstić information content (AvgIpc) is 3.00. The van der Waals surface area contributed by atoms with E-state index >= 15 is 0 Å². The summed E-state index contributed by atoms with van der Waals surface area (Å²) in [5.74, 6) is 0.654. The third kappa shape index (κ3) is 3.33. The van der Waals surface area contributed by atoms with Crippen LogP contribution >= 0.6 is 0 Å². The van der Waals surface area contributed by atoms with Crippen LogP contribution in [0.5, 0.6) is 0 Å². The molecular formula is C19H24N3O3S+. The van der Waals surface area contributed by atoms with Gasteiger partial charge in [-0.25, -0.2) is 8.42 Å². The zero-order chi connectivity index (χ0) is 18.3. The number of rotatable bonds is 2. The van der Waals surface area contributed by atoms with Crippen molar-refractivity contribution in [2.24, 2.45) is 0 Å². The molecule has 2 saturated heterocycles. The monoisotopic (exact) mass is 374 g/mol. The van der Waals surface area contributed by atoms with Gasteiger partial charge >= 0.3 is 0 Å². The zero-order valence-electron chi connectivity index (χ0n) is 14.9. The lowest BCUT2D eigenvalue weighted by Crippen LogP contribution is -3.18. The van der Waals surface area contributed by atoms with E-state index in [2.05, 4.69) is 4.98 Å². The number of aromatic nitrogens is 1. The lowest BCUT2D eigenvalue weighted by atomic mass is 10.1. The maximum Gasteiger partial charge on any atom is 0.255 e.